The number of aromatic nitrogens is 3. The Bertz CT molecular complexity index is 3500. The fourth-order valence-corrected chi connectivity index (χ4v) is 8.41. The van der Waals surface area contributed by atoms with Gasteiger partial charge in [-0.25, -0.2) is 4.98 Å². The molecule has 1 N–H and O–H groups in total. The van der Waals surface area contributed by atoms with Crippen LogP contribution in [0.15, 0.2) is 133 Å². The van der Waals surface area contributed by atoms with Crippen LogP contribution < -0.4 is 0 Å². The number of nitrogens with zero attached hydrogens (tertiary/aromatic N) is 3. The van der Waals surface area contributed by atoms with E-state index in [1.165, 1.54) is 0 Å². The molecule has 0 spiro atoms. The summed E-state index contributed by atoms with van der Waals surface area (Å²) in [5, 5.41) is 12.4. The molecule has 0 saturated carbocycles. The fourth-order valence-electron chi connectivity index (χ4n) is 8.41. The van der Waals surface area contributed by atoms with Crippen LogP contribution in [0.4, 0.5) is 0 Å². The van der Waals surface area contributed by atoms with E-state index in [1.54, 1.807) is 74.9 Å². The molecule has 0 unspecified atom stereocenters. The van der Waals surface area contributed by atoms with Gasteiger partial charge in [-0.1, -0.05) is 155 Å². The summed E-state index contributed by atoms with van der Waals surface area (Å²) in [5.41, 5.74) is 8.97. The average Bonchev–Trinajstić information content (AvgIpc) is 3.70. The Balaban J connectivity index is 1.47. The number of hydrogen-bond donors (Lipinski definition) is 1. The summed E-state index contributed by atoms with van der Waals surface area (Å²) in [7, 11) is 0. The van der Waals surface area contributed by atoms with Gasteiger partial charge in [-0.2, -0.15) is 0 Å². The lowest BCUT2D eigenvalue weighted by Gasteiger charge is -2.22. The minimum atomic E-state index is -2.69. The number of phenols is 1. The van der Waals surface area contributed by atoms with E-state index in [0.29, 0.717) is 44.5 Å². The van der Waals surface area contributed by atoms with Crippen LogP contribution in [0.1, 0.15) is 148 Å². The highest BCUT2D eigenvalue weighted by atomic mass is 16.3. The fraction of sp³-hybridized carbons (Fsp3) is 0.288. The molecule has 0 aliphatic carbocycles. The molecule has 63 heavy (non-hydrogen) atoms. The number of aromatic hydroxyl groups is 1. The molecule has 8 aromatic rings. The summed E-state index contributed by atoms with van der Waals surface area (Å²) in [6, 6.07) is 27.6. The van der Waals surface area contributed by atoms with Crippen LogP contribution in [0.5, 0.6) is 5.75 Å². The van der Waals surface area contributed by atoms with Crippen LogP contribution in [-0.4, -0.2) is 19.6 Å². The van der Waals surface area contributed by atoms with Gasteiger partial charge in [0.05, 0.1) is 34.8 Å². The minimum absolute atomic E-state index is 0.00726. The maximum Gasteiger partial charge on any atom is 0.149 e. The van der Waals surface area contributed by atoms with Gasteiger partial charge in [0.2, 0.25) is 0 Å². The number of phenolic OH excluding ortho intramolecular Hbond substituents is 1. The van der Waals surface area contributed by atoms with Gasteiger partial charge in [0, 0.05) is 25.5 Å². The number of hydrogen-bond acceptors (Lipinski definition) is 3. The molecule has 2 aromatic heterocycles. The van der Waals surface area contributed by atoms with E-state index >= 15 is 0 Å². The first kappa shape index (κ1) is 31.6. The van der Waals surface area contributed by atoms with E-state index < -0.39 is 48.1 Å². The second kappa shape index (κ2) is 17.1. The van der Waals surface area contributed by atoms with E-state index in [-0.39, 0.29) is 57.5 Å². The molecule has 0 amide bonds. The van der Waals surface area contributed by atoms with Crippen molar-refractivity contribution < 1.29 is 20.2 Å². The number of fused-ring (bicyclic) bond motifs is 1. The zero-order valence-electron chi connectivity index (χ0n) is 49.2. The van der Waals surface area contributed by atoms with E-state index in [9.17, 15) is 6.48 Å². The van der Waals surface area contributed by atoms with Crippen molar-refractivity contribution in [3.63, 3.8) is 0 Å². The Labute approximate surface area is 391 Å². The van der Waals surface area contributed by atoms with E-state index in [4.69, 9.17) is 23.7 Å². The summed E-state index contributed by atoms with van der Waals surface area (Å²) in [5.74, 6) is -3.50. The van der Waals surface area contributed by atoms with Crippen molar-refractivity contribution in [2.45, 2.75) is 112 Å². The summed E-state index contributed by atoms with van der Waals surface area (Å²) in [6.07, 6.45) is 1.55. The van der Waals surface area contributed by atoms with Gasteiger partial charge < -0.3 is 5.11 Å². The van der Waals surface area contributed by atoms with Crippen molar-refractivity contribution >= 4 is 11.0 Å². The molecule has 6 aromatic carbocycles. The van der Waals surface area contributed by atoms with E-state index in [1.807, 2.05) is 68.4 Å². The molecule has 0 aliphatic heterocycles. The Morgan fingerprint density at radius 2 is 1.37 bits per heavy atom. The maximum atomic E-state index is 12.4. The number of aryl methyl sites for hydroxylation is 1. The lowest BCUT2D eigenvalue weighted by molar-refractivity contribution is 0.466. The lowest BCUT2D eigenvalue weighted by Crippen LogP contribution is -2.11. The van der Waals surface area contributed by atoms with Gasteiger partial charge in [-0.3, -0.25) is 9.55 Å². The highest BCUT2D eigenvalue weighted by Gasteiger charge is 2.26. The third-order valence-corrected chi connectivity index (χ3v) is 11.9. The van der Waals surface area contributed by atoms with Crippen molar-refractivity contribution in [1.82, 2.24) is 14.5 Å². The van der Waals surface area contributed by atoms with Gasteiger partial charge in [0.25, 0.3) is 0 Å². The molecule has 8 rings (SSSR count). The summed E-state index contributed by atoms with van der Waals surface area (Å²) in [4.78, 5) is 10.1. The predicted octanol–water partition coefficient (Wildman–Crippen LogP) is 16.6. The Morgan fingerprint density at radius 1 is 0.651 bits per heavy atom. The maximum absolute atomic E-state index is 12.4. The molecule has 4 nitrogen and oxygen atoms in total. The SMILES string of the molecule is [2H]c1c([2H])c([2H])c(-c2ccnc(-c3cc(-c4cccc5c4nc(-c4cc(C([2H])(C)C)cc(C([2H])(C)C)c4O)n5-c4ccc(-c5c(C(C)C)cccc5C([2H])(C)C)cc4C([2H])([2H])[2H])cc(C(C)(C)C)c3)c2)c([2H])c1[2H]. The molecule has 0 saturated heterocycles. The highest BCUT2D eigenvalue weighted by Crippen LogP contribution is 2.44. The molecule has 2 heterocycles. The smallest absolute Gasteiger partial charge is 0.149 e. The van der Waals surface area contributed by atoms with Crippen LogP contribution >= 0.6 is 0 Å². The molecule has 0 aliphatic rings. The van der Waals surface area contributed by atoms with Crippen LogP contribution in [0.25, 0.3) is 72.7 Å². The molecular weight excluding hydrogens is 767 g/mol. The summed E-state index contributed by atoms with van der Waals surface area (Å²) >= 11 is 0. The zero-order chi connectivity index (χ0) is 54.5. The second-order valence-electron chi connectivity index (χ2n) is 18.5. The van der Waals surface area contributed by atoms with Crippen LogP contribution in [0.2, 0.25) is 0 Å². The van der Waals surface area contributed by atoms with Gasteiger partial charge >= 0.3 is 0 Å². The van der Waals surface area contributed by atoms with Crippen molar-refractivity contribution in [3.05, 3.63) is 167 Å². The van der Waals surface area contributed by atoms with Gasteiger partial charge in [0.1, 0.15) is 11.6 Å². The Hall–Kier alpha value is -6.26. The van der Waals surface area contributed by atoms with Gasteiger partial charge in [-0.15, -0.1) is 0 Å². The first-order valence-electron chi connectivity index (χ1n) is 27.1. The largest absolute Gasteiger partial charge is 0.507 e. The molecule has 4 heteroatoms. The quantitative estimate of drug-likeness (QED) is 0.149. The number of pyridine rings is 1. The van der Waals surface area contributed by atoms with Crippen molar-refractivity contribution in [1.29, 1.82) is 0 Å². The molecule has 320 valence electrons. The molecule has 0 bridgehead atoms. The highest BCUT2D eigenvalue weighted by molar-refractivity contribution is 5.97. The number of para-hydroxylation sites is 1. The average molecular weight is 841 g/mol. The van der Waals surface area contributed by atoms with E-state index in [0.717, 1.165) is 27.8 Å². The molecule has 0 atom stereocenters. The monoisotopic (exact) mass is 841 g/mol. The van der Waals surface area contributed by atoms with Gasteiger partial charge in [-0.05, 0) is 146 Å². The Morgan fingerprint density at radius 3 is 2.05 bits per heavy atom. The zero-order valence-corrected chi connectivity index (χ0v) is 38.2. The van der Waals surface area contributed by atoms with Crippen LogP contribution in [-0.2, 0) is 5.41 Å². The third kappa shape index (κ3) is 8.36. The first-order valence-corrected chi connectivity index (χ1v) is 21.6. The summed E-state index contributed by atoms with van der Waals surface area (Å²) < 4.78 is 98.9. The lowest BCUT2D eigenvalue weighted by atomic mass is 9.83. The van der Waals surface area contributed by atoms with Crippen LogP contribution in [0, 0.1) is 6.85 Å². The number of benzene rings is 6. The number of rotatable bonds is 10. The minimum Gasteiger partial charge on any atom is -0.507 e. The van der Waals surface area contributed by atoms with Crippen molar-refractivity contribution in [2.75, 3.05) is 0 Å². The molecule has 0 fully saturated rings. The predicted molar refractivity (Wildman–Crippen MR) is 268 cm³/mol. The van der Waals surface area contributed by atoms with Crippen molar-refractivity contribution in [2.24, 2.45) is 0 Å². The molecular formula is C59H63N3O. The molecule has 0 radical (unpaired) electrons. The Kier molecular flexibility index (Phi) is 8.58. The standard InChI is InChI=1S/C59H63N3O/c1-35(2)43-32-50(38(7)8)57(63)51(33-43)58-61-56-49(44-29-45(31-46(30-44)59(10,11)12)52-34-41(26-27-60-52)40-18-14-13-15-19-40)22-17-23-54(56)62(58)53-25-24-42(28-39(53)9)55-47(36(3)4)20-16-21-48(55)37(5)6/h13-38,63H,1-12H3/i9D3,13D,14D,15D,18D,19D,35D,36D,38D. The van der Waals surface area contributed by atoms with E-state index in [2.05, 4.69) is 40.7 Å². The first-order chi connectivity index (χ1) is 34.2. The number of imidazole rings is 1. The normalized spacial score (nSPS) is 15.3. The summed E-state index contributed by atoms with van der Waals surface area (Å²) in [6.45, 7) is 18.1. The van der Waals surface area contributed by atoms with Crippen molar-refractivity contribution in [3.8, 4) is 67.5 Å². The second-order valence-corrected chi connectivity index (χ2v) is 18.5. The topological polar surface area (TPSA) is 50.9 Å². The third-order valence-electron chi connectivity index (χ3n) is 11.9. The van der Waals surface area contributed by atoms with Gasteiger partial charge in [0.15, 0.2) is 0 Å². The van der Waals surface area contributed by atoms with Crippen LogP contribution in [0.3, 0.4) is 0 Å².